The van der Waals surface area contributed by atoms with Gasteiger partial charge >= 0.3 is 0 Å². The van der Waals surface area contributed by atoms with Gasteiger partial charge in [-0.25, -0.2) is 8.78 Å². The second-order valence-corrected chi connectivity index (χ2v) is 5.50. The van der Waals surface area contributed by atoms with Gasteiger partial charge in [0.05, 0.1) is 11.1 Å². The van der Waals surface area contributed by atoms with Gasteiger partial charge in [0.25, 0.3) is 6.43 Å². The molecule has 2 rings (SSSR count). The fourth-order valence-corrected chi connectivity index (χ4v) is 2.69. The van der Waals surface area contributed by atoms with Gasteiger partial charge in [0.15, 0.2) is 0 Å². The summed E-state index contributed by atoms with van der Waals surface area (Å²) in [5, 5.41) is 3.70. The van der Waals surface area contributed by atoms with Crippen molar-refractivity contribution in [2.24, 2.45) is 0 Å². The quantitative estimate of drug-likeness (QED) is 0.909. The summed E-state index contributed by atoms with van der Waals surface area (Å²) < 4.78 is 27.2. The van der Waals surface area contributed by atoms with Crippen molar-refractivity contribution < 1.29 is 8.78 Å². The second-order valence-electron chi connectivity index (χ2n) is 4.24. The largest absolute Gasteiger partial charge is 0.314 e. The van der Waals surface area contributed by atoms with Crippen LogP contribution in [-0.4, -0.2) is 37.5 Å². The maximum absolute atomic E-state index is 13.3. The molecule has 0 saturated carbocycles. The minimum atomic E-state index is -2.41. The summed E-state index contributed by atoms with van der Waals surface area (Å²) in [6.45, 7) is 2.76. The maximum atomic E-state index is 13.3. The molecule has 2 nitrogen and oxygen atoms in total. The molecule has 0 amide bonds. The zero-order valence-electron chi connectivity index (χ0n) is 9.67. The highest BCUT2D eigenvalue weighted by molar-refractivity contribution is 9.10. The standard InChI is InChI=1S/C12H14BrClF2N2/c13-9-7-8(1-2-10(9)14)11(12(15)16)18-5-3-17-4-6-18/h1-2,7,11-12,17H,3-6H2/t11-/m1/s1. The van der Waals surface area contributed by atoms with Crippen molar-refractivity contribution in [3.05, 3.63) is 33.3 Å². The molecule has 1 heterocycles. The number of nitrogens with one attached hydrogen (secondary N) is 1. The van der Waals surface area contributed by atoms with E-state index in [1.165, 1.54) is 0 Å². The third-order valence-corrected chi connectivity index (χ3v) is 4.28. The zero-order chi connectivity index (χ0) is 13.1. The van der Waals surface area contributed by atoms with Crippen LogP contribution in [0, 0.1) is 0 Å². The van der Waals surface area contributed by atoms with Gasteiger partial charge in [0.1, 0.15) is 0 Å². The van der Waals surface area contributed by atoms with Gasteiger partial charge in [-0.2, -0.15) is 0 Å². The van der Waals surface area contributed by atoms with Crippen LogP contribution < -0.4 is 5.32 Å². The van der Waals surface area contributed by atoms with E-state index < -0.39 is 12.5 Å². The molecule has 0 spiro atoms. The molecule has 6 heteroatoms. The zero-order valence-corrected chi connectivity index (χ0v) is 12.0. The van der Waals surface area contributed by atoms with Crippen LogP contribution in [0.15, 0.2) is 22.7 Å². The number of rotatable bonds is 3. The fraction of sp³-hybridized carbons (Fsp3) is 0.500. The summed E-state index contributed by atoms with van der Waals surface area (Å²) in [6.07, 6.45) is -2.41. The molecule has 18 heavy (non-hydrogen) atoms. The van der Waals surface area contributed by atoms with Gasteiger partial charge in [-0.3, -0.25) is 4.90 Å². The van der Waals surface area contributed by atoms with E-state index in [9.17, 15) is 8.78 Å². The van der Waals surface area contributed by atoms with Gasteiger partial charge in [-0.05, 0) is 33.6 Å². The average molecular weight is 340 g/mol. The molecule has 1 aromatic carbocycles. The SMILES string of the molecule is FC(F)[C@@H](c1ccc(Cl)c(Br)c1)N1CCNCC1. The third kappa shape index (κ3) is 3.20. The lowest BCUT2D eigenvalue weighted by Gasteiger charge is -2.34. The number of benzene rings is 1. The van der Waals surface area contributed by atoms with Crippen molar-refractivity contribution in [1.82, 2.24) is 10.2 Å². The molecule has 1 saturated heterocycles. The monoisotopic (exact) mass is 338 g/mol. The molecule has 0 aliphatic carbocycles. The van der Waals surface area contributed by atoms with Crippen LogP contribution in [0.25, 0.3) is 0 Å². The van der Waals surface area contributed by atoms with Crippen molar-refractivity contribution in [3.8, 4) is 0 Å². The summed E-state index contributed by atoms with van der Waals surface area (Å²) in [4.78, 5) is 1.82. The summed E-state index contributed by atoms with van der Waals surface area (Å²) in [5.41, 5.74) is 0.600. The van der Waals surface area contributed by atoms with Crippen LogP contribution >= 0.6 is 27.5 Å². The lowest BCUT2D eigenvalue weighted by atomic mass is 10.1. The van der Waals surface area contributed by atoms with Gasteiger partial charge in [0, 0.05) is 30.7 Å². The van der Waals surface area contributed by atoms with Crippen LogP contribution in [0.3, 0.4) is 0 Å². The van der Waals surface area contributed by atoms with Gasteiger partial charge in [-0.15, -0.1) is 0 Å². The van der Waals surface area contributed by atoms with Crippen molar-refractivity contribution in [2.45, 2.75) is 12.5 Å². The van der Waals surface area contributed by atoms with Crippen LogP contribution in [-0.2, 0) is 0 Å². The molecule has 0 bridgehead atoms. The molecule has 0 radical (unpaired) electrons. The first-order valence-electron chi connectivity index (χ1n) is 5.77. The molecule has 100 valence electrons. The van der Waals surface area contributed by atoms with E-state index in [0.717, 1.165) is 13.1 Å². The van der Waals surface area contributed by atoms with Crippen molar-refractivity contribution in [3.63, 3.8) is 0 Å². The smallest absolute Gasteiger partial charge is 0.258 e. The Balaban J connectivity index is 2.25. The second kappa shape index (κ2) is 6.28. The fourth-order valence-electron chi connectivity index (χ4n) is 2.17. The molecular weight excluding hydrogens is 325 g/mol. The first kappa shape index (κ1) is 14.2. The van der Waals surface area contributed by atoms with Crippen LogP contribution in [0.1, 0.15) is 11.6 Å². The average Bonchev–Trinajstić information content (AvgIpc) is 2.35. The van der Waals surface area contributed by atoms with E-state index in [1.54, 1.807) is 18.2 Å². The number of hydrogen-bond donors (Lipinski definition) is 1. The van der Waals surface area contributed by atoms with Crippen LogP contribution in [0.2, 0.25) is 5.02 Å². The molecule has 1 aliphatic rings. The highest BCUT2D eigenvalue weighted by Crippen LogP contribution is 2.32. The predicted octanol–water partition coefficient (Wildman–Crippen LogP) is 3.31. The van der Waals surface area contributed by atoms with Gasteiger partial charge < -0.3 is 5.32 Å². The summed E-state index contributed by atoms with van der Waals surface area (Å²) in [7, 11) is 0. The van der Waals surface area contributed by atoms with Crippen LogP contribution in [0.4, 0.5) is 8.78 Å². The Morgan fingerprint density at radius 1 is 1.28 bits per heavy atom. The van der Waals surface area contributed by atoms with Gasteiger partial charge in [-0.1, -0.05) is 17.7 Å². The summed E-state index contributed by atoms with van der Waals surface area (Å²) >= 11 is 9.17. The van der Waals surface area contributed by atoms with E-state index in [2.05, 4.69) is 21.2 Å². The predicted molar refractivity (Wildman–Crippen MR) is 72.3 cm³/mol. The number of alkyl halides is 2. The molecule has 0 aromatic heterocycles. The number of halogens is 4. The van der Waals surface area contributed by atoms with Crippen LogP contribution in [0.5, 0.6) is 0 Å². The summed E-state index contributed by atoms with van der Waals surface area (Å²) in [5.74, 6) is 0. The first-order chi connectivity index (χ1) is 8.59. The molecule has 0 unspecified atom stereocenters. The van der Waals surface area contributed by atoms with E-state index in [0.29, 0.717) is 28.1 Å². The molecule has 1 N–H and O–H groups in total. The Labute approximate surface area is 118 Å². The minimum Gasteiger partial charge on any atom is -0.314 e. The van der Waals surface area contributed by atoms with E-state index in [-0.39, 0.29) is 0 Å². The number of hydrogen-bond acceptors (Lipinski definition) is 2. The number of piperazine rings is 1. The van der Waals surface area contributed by atoms with Gasteiger partial charge in [0.2, 0.25) is 0 Å². The lowest BCUT2D eigenvalue weighted by molar-refractivity contribution is 0.0181. The topological polar surface area (TPSA) is 15.3 Å². The third-order valence-electron chi connectivity index (χ3n) is 3.07. The molecule has 1 aliphatic heterocycles. The Morgan fingerprint density at radius 3 is 2.50 bits per heavy atom. The Bertz CT molecular complexity index is 411. The number of nitrogens with zero attached hydrogens (tertiary/aromatic N) is 1. The van der Waals surface area contributed by atoms with Crippen molar-refractivity contribution in [1.29, 1.82) is 0 Å². The summed E-state index contributed by atoms with van der Waals surface area (Å²) in [6, 6.07) is 4.15. The molecule has 1 fully saturated rings. The maximum Gasteiger partial charge on any atom is 0.258 e. The minimum absolute atomic E-state index is 0.534. The van der Waals surface area contributed by atoms with E-state index >= 15 is 0 Å². The molecule has 1 aromatic rings. The highest BCUT2D eigenvalue weighted by atomic mass is 79.9. The normalized spacial score (nSPS) is 19.2. The highest BCUT2D eigenvalue weighted by Gasteiger charge is 2.30. The first-order valence-corrected chi connectivity index (χ1v) is 6.94. The Hall–Kier alpha value is -0.230. The Kier molecular flexibility index (Phi) is 4.95. The van der Waals surface area contributed by atoms with Crippen molar-refractivity contribution >= 4 is 27.5 Å². The molecular formula is C12H14BrClF2N2. The van der Waals surface area contributed by atoms with Crippen molar-refractivity contribution in [2.75, 3.05) is 26.2 Å². The van der Waals surface area contributed by atoms with E-state index in [1.807, 2.05) is 4.90 Å². The van der Waals surface area contributed by atoms with E-state index in [4.69, 9.17) is 11.6 Å². The molecule has 1 atom stereocenters. The Morgan fingerprint density at radius 2 is 1.94 bits per heavy atom. The lowest BCUT2D eigenvalue weighted by Crippen LogP contribution is -2.46.